The van der Waals surface area contributed by atoms with Crippen molar-refractivity contribution < 1.29 is 9.59 Å². The molecule has 0 aromatic rings. The minimum absolute atomic E-state index is 0.0214. The number of carbonyl (C=O) groups excluding carboxylic acids is 2. The third-order valence-corrected chi connectivity index (χ3v) is 2.44. The van der Waals surface area contributed by atoms with E-state index in [1.807, 2.05) is 0 Å². The van der Waals surface area contributed by atoms with E-state index in [0.29, 0.717) is 12.8 Å². The van der Waals surface area contributed by atoms with Crippen LogP contribution >= 0.6 is 0 Å². The smallest absolute Gasteiger partial charge is 0.242 e. The minimum atomic E-state index is -0.298. The van der Waals surface area contributed by atoms with Crippen molar-refractivity contribution in [2.24, 2.45) is 0 Å². The van der Waals surface area contributed by atoms with Crippen molar-refractivity contribution in [2.45, 2.75) is 24.9 Å². The lowest BCUT2D eigenvalue weighted by atomic mass is 10.1. The first-order valence-electron chi connectivity index (χ1n) is 4.56. The highest BCUT2D eigenvalue weighted by molar-refractivity contribution is 5.90. The number of rotatable bonds is 2. The van der Waals surface area contributed by atoms with Gasteiger partial charge in [0.2, 0.25) is 11.8 Å². The highest BCUT2D eigenvalue weighted by atomic mass is 16.2. The molecule has 3 N–H and O–H groups in total. The van der Waals surface area contributed by atoms with Crippen molar-refractivity contribution in [1.29, 1.82) is 0 Å². The van der Waals surface area contributed by atoms with E-state index in [1.165, 1.54) is 0 Å². The quantitative estimate of drug-likeness (QED) is 0.480. The molecule has 2 amide bonds. The normalized spacial score (nSPS) is 28.0. The van der Waals surface area contributed by atoms with Gasteiger partial charge in [0.25, 0.3) is 0 Å². The van der Waals surface area contributed by atoms with Crippen LogP contribution in [0.1, 0.15) is 12.8 Å². The van der Waals surface area contributed by atoms with E-state index in [2.05, 4.69) is 16.0 Å². The Morgan fingerprint density at radius 2 is 2.23 bits per heavy atom. The fraction of sp³-hybridized carbons (Fsp3) is 0.750. The number of hydrogen-bond donors (Lipinski definition) is 3. The molecule has 2 fully saturated rings. The zero-order chi connectivity index (χ0) is 9.26. The third-order valence-electron chi connectivity index (χ3n) is 2.44. The zero-order valence-corrected chi connectivity index (χ0v) is 7.30. The summed E-state index contributed by atoms with van der Waals surface area (Å²) in [4.78, 5) is 22.3. The lowest BCUT2D eigenvalue weighted by molar-refractivity contribution is -0.126. The third kappa shape index (κ3) is 1.80. The molecule has 2 aliphatic rings. The Morgan fingerprint density at radius 3 is 2.69 bits per heavy atom. The SMILES string of the molecule is O=C1CC[C@H](C(=O)NC2CNC2)N1. The van der Waals surface area contributed by atoms with Gasteiger partial charge in [-0.15, -0.1) is 0 Å². The largest absolute Gasteiger partial charge is 0.349 e. The van der Waals surface area contributed by atoms with Gasteiger partial charge in [-0.3, -0.25) is 9.59 Å². The molecule has 2 heterocycles. The summed E-state index contributed by atoms with van der Waals surface area (Å²) in [5, 5.41) is 8.56. The maximum absolute atomic E-state index is 11.4. The van der Waals surface area contributed by atoms with Crippen LogP contribution in [-0.2, 0) is 9.59 Å². The van der Waals surface area contributed by atoms with Gasteiger partial charge in [-0.25, -0.2) is 0 Å². The van der Waals surface area contributed by atoms with Gasteiger partial charge in [0, 0.05) is 19.5 Å². The summed E-state index contributed by atoms with van der Waals surface area (Å²) >= 11 is 0. The average Bonchev–Trinajstić information content (AvgIpc) is 2.44. The maximum atomic E-state index is 11.4. The summed E-state index contributed by atoms with van der Waals surface area (Å²) in [6, 6.07) is -0.0434. The average molecular weight is 183 g/mol. The molecule has 5 heteroatoms. The first-order chi connectivity index (χ1) is 6.25. The maximum Gasteiger partial charge on any atom is 0.242 e. The molecule has 1 atom stereocenters. The lowest BCUT2D eigenvalue weighted by Gasteiger charge is -2.28. The van der Waals surface area contributed by atoms with Crippen molar-refractivity contribution in [3.8, 4) is 0 Å². The summed E-state index contributed by atoms with van der Waals surface area (Å²) in [5.41, 5.74) is 0. The van der Waals surface area contributed by atoms with Gasteiger partial charge in [-0.1, -0.05) is 0 Å². The van der Waals surface area contributed by atoms with E-state index in [9.17, 15) is 9.59 Å². The van der Waals surface area contributed by atoms with Crippen LogP contribution in [0.4, 0.5) is 0 Å². The zero-order valence-electron chi connectivity index (χ0n) is 7.30. The number of amides is 2. The molecular weight excluding hydrogens is 170 g/mol. The molecule has 72 valence electrons. The lowest BCUT2D eigenvalue weighted by Crippen LogP contribution is -2.59. The van der Waals surface area contributed by atoms with Gasteiger partial charge in [0.05, 0.1) is 6.04 Å². The molecular formula is C8H13N3O2. The number of hydrogen-bond acceptors (Lipinski definition) is 3. The molecule has 0 radical (unpaired) electrons. The molecule has 0 spiro atoms. The van der Waals surface area contributed by atoms with Crippen molar-refractivity contribution in [2.75, 3.05) is 13.1 Å². The summed E-state index contributed by atoms with van der Waals surface area (Å²) in [7, 11) is 0. The predicted octanol–water partition coefficient (Wildman–Crippen LogP) is -1.65. The Bertz CT molecular complexity index is 238. The summed E-state index contributed by atoms with van der Waals surface area (Å²) in [5.74, 6) is -0.0655. The van der Waals surface area contributed by atoms with E-state index in [1.54, 1.807) is 0 Å². The molecule has 0 unspecified atom stereocenters. The molecule has 13 heavy (non-hydrogen) atoms. The molecule has 5 nitrogen and oxygen atoms in total. The molecule has 0 aliphatic carbocycles. The van der Waals surface area contributed by atoms with E-state index in [4.69, 9.17) is 0 Å². The predicted molar refractivity (Wildman–Crippen MR) is 46.0 cm³/mol. The first kappa shape index (κ1) is 8.50. The van der Waals surface area contributed by atoms with Crippen LogP contribution in [0.2, 0.25) is 0 Å². The first-order valence-corrected chi connectivity index (χ1v) is 4.56. The van der Waals surface area contributed by atoms with Crippen molar-refractivity contribution in [3.63, 3.8) is 0 Å². The highest BCUT2D eigenvalue weighted by Crippen LogP contribution is 2.06. The van der Waals surface area contributed by atoms with Crippen LogP contribution in [0.15, 0.2) is 0 Å². The van der Waals surface area contributed by atoms with E-state index in [0.717, 1.165) is 13.1 Å². The number of carbonyl (C=O) groups is 2. The van der Waals surface area contributed by atoms with E-state index < -0.39 is 0 Å². The van der Waals surface area contributed by atoms with Gasteiger partial charge < -0.3 is 16.0 Å². The van der Waals surface area contributed by atoms with Gasteiger partial charge in [0.15, 0.2) is 0 Å². The molecule has 0 bridgehead atoms. The molecule has 0 aromatic carbocycles. The van der Waals surface area contributed by atoms with Crippen molar-refractivity contribution in [3.05, 3.63) is 0 Å². The van der Waals surface area contributed by atoms with Gasteiger partial charge in [-0.05, 0) is 6.42 Å². The number of nitrogens with one attached hydrogen (secondary N) is 3. The van der Waals surface area contributed by atoms with Crippen LogP contribution < -0.4 is 16.0 Å². The van der Waals surface area contributed by atoms with Gasteiger partial charge in [0.1, 0.15) is 6.04 Å². The van der Waals surface area contributed by atoms with Gasteiger partial charge in [-0.2, -0.15) is 0 Å². The topological polar surface area (TPSA) is 70.2 Å². The monoisotopic (exact) mass is 183 g/mol. The van der Waals surface area contributed by atoms with E-state index in [-0.39, 0.29) is 23.9 Å². The van der Waals surface area contributed by atoms with Gasteiger partial charge >= 0.3 is 0 Å². The van der Waals surface area contributed by atoms with Crippen LogP contribution in [0.5, 0.6) is 0 Å². The van der Waals surface area contributed by atoms with Crippen LogP contribution in [0.3, 0.4) is 0 Å². The standard InChI is InChI=1S/C8H13N3O2/c12-7-2-1-6(11-7)8(13)10-5-3-9-4-5/h5-6,9H,1-4H2,(H,10,13)(H,11,12)/t6-/m1/s1. The molecule has 0 aromatic heterocycles. The van der Waals surface area contributed by atoms with Crippen LogP contribution in [0.25, 0.3) is 0 Å². The summed E-state index contributed by atoms with van der Waals surface area (Å²) in [6.45, 7) is 1.68. The molecule has 2 aliphatic heterocycles. The fourth-order valence-corrected chi connectivity index (χ4v) is 1.50. The Hall–Kier alpha value is -1.10. The van der Waals surface area contributed by atoms with E-state index >= 15 is 0 Å². The highest BCUT2D eigenvalue weighted by Gasteiger charge is 2.29. The summed E-state index contributed by atoms with van der Waals surface area (Å²) in [6.07, 6.45) is 1.10. The molecule has 0 saturated carbocycles. The minimum Gasteiger partial charge on any atom is -0.349 e. The second kappa shape index (κ2) is 3.33. The second-order valence-electron chi connectivity index (χ2n) is 3.52. The molecule has 2 rings (SSSR count). The fourth-order valence-electron chi connectivity index (χ4n) is 1.50. The van der Waals surface area contributed by atoms with Crippen LogP contribution in [0, 0.1) is 0 Å². The Balaban J connectivity index is 1.79. The second-order valence-corrected chi connectivity index (χ2v) is 3.52. The van der Waals surface area contributed by atoms with Crippen molar-refractivity contribution >= 4 is 11.8 Å². The summed E-state index contributed by atoms with van der Waals surface area (Å²) < 4.78 is 0. The Kier molecular flexibility index (Phi) is 2.18. The Morgan fingerprint density at radius 1 is 1.46 bits per heavy atom. The Labute approximate surface area is 76.3 Å². The van der Waals surface area contributed by atoms with Crippen LogP contribution in [-0.4, -0.2) is 37.0 Å². The van der Waals surface area contributed by atoms with Crippen molar-refractivity contribution in [1.82, 2.24) is 16.0 Å². The molecule has 2 saturated heterocycles.